The Morgan fingerprint density at radius 3 is 2.64 bits per heavy atom. The Labute approximate surface area is 143 Å². The third-order valence-electron chi connectivity index (χ3n) is 4.41. The molecule has 0 N–H and O–H groups in total. The first-order valence-corrected chi connectivity index (χ1v) is 8.41. The minimum atomic E-state index is -0.475. The van der Waals surface area contributed by atoms with Crippen LogP contribution in [0.1, 0.15) is 37.2 Å². The third-order valence-corrected chi connectivity index (χ3v) is 4.41. The van der Waals surface area contributed by atoms with Gasteiger partial charge in [0.15, 0.2) is 16.6 Å². The van der Waals surface area contributed by atoms with Gasteiger partial charge in [-0.05, 0) is 38.0 Å². The van der Waals surface area contributed by atoms with Gasteiger partial charge in [0.05, 0.1) is 10.9 Å². The second-order valence-electron chi connectivity index (χ2n) is 6.40. The van der Waals surface area contributed by atoms with Gasteiger partial charge in [-0.2, -0.15) is 0 Å². The van der Waals surface area contributed by atoms with Crippen LogP contribution in [0.5, 0.6) is 5.75 Å². The smallest absolute Gasteiger partial charge is 0.336 e. The number of fused-ring (bicyclic) bond motifs is 6. The lowest BCUT2D eigenvalue weighted by atomic mass is 9.97. The molecule has 5 heteroatoms. The largest absolute Gasteiger partial charge is 0.485 e. The maximum Gasteiger partial charge on any atom is 0.336 e. The molecule has 3 heterocycles. The molecule has 1 aliphatic heterocycles. The first kappa shape index (κ1) is 15.7. The predicted molar refractivity (Wildman–Crippen MR) is 96.4 cm³/mol. The number of ether oxygens (including phenoxy) is 1. The van der Waals surface area contributed by atoms with Crippen LogP contribution in [0.3, 0.4) is 0 Å². The second kappa shape index (κ2) is 5.62. The number of hydrogen-bond donors (Lipinski definition) is 0. The van der Waals surface area contributed by atoms with E-state index in [0.717, 1.165) is 12.0 Å². The van der Waals surface area contributed by atoms with Crippen LogP contribution in [-0.2, 0) is 6.42 Å². The number of benzene rings is 1. The molecule has 25 heavy (non-hydrogen) atoms. The molecule has 1 unspecified atom stereocenters. The first-order chi connectivity index (χ1) is 12.0. The molecule has 5 nitrogen and oxygen atoms in total. The molecule has 3 aromatic rings. The summed E-state index contributed by atoms with van der Waals surface area (Å²) in [6, 6.07) is 2.90. The van der Waals surface area contributed by atoms with Crippen LogP contribution in [0.15, 0.2) is 36.6 Å². The highest BCUT2D eigenvalue weighted by atomic mass is 16.5. The molecule has 0 saturated heterocycles. The Balaban J connectivity index is 2.32. The van der Waals surface area contributed by atoms with Crippen molar-refractivity contribution in [1.29, 1.82) is 0 Å². The summed E-state index contributed by atoms with van der Waals surface area (Å²) >= 11 is 0. The van der Waals surface area contributed by atoms with Crippen molar-refractivity contribution >= 4 is 28.0 Å². The lowest BCUT2D eigenvalue weighted by Crippen LogP contribution is -2.15. The molecule has 1 aliphatic rings. The van der Waals surface area contributed by atoms with Gasteiger partial charge in [-0.25, -0.2) is 4.79 Å². The summed E-state index contributed by atoms with van der Waals surface area (Å²) in [5.74, 6) is 1.11. The van der Waals surface area contributed by atoms with E-state index in [4.69, 9.17) is 13.6 Å². The summed E-state index contributed by atoms with van der Waals surface area (Å²) in [5.41, 5.74) is 1.49. The Bertz CT molecular complexity index is 1150. The SMILES string of the molecule is CCCc1cc(=O)oc2c1c1c(c3oc(C)cc(=O)c32)C=CC(C)O1. The van der Waals surface area contributed by atoms with Gasteiger partial charge in [-0.15, -0.1) is 0 Å². The molecular formula is C20H18O5. The van der Waals surface area contributed by atoms with Crippen molar-refractivity contribution in [3.63, 3.8) is 0 Å². The summed E-state index contributed by atoms with van der Waals surface area (Å²) in [7, 11) is 0. The topological polar surface area (TPSA) is 69.7 Å². The van der Waals surface area contributed by atoms with E-state index in [2.05, 4.69) is 0 Å². The van der Waals surface area contributed by atoms with Crippen molar-refractivity contribution < 1.29 is 13.6 Å². The molecule has 0 fully saturated rings. The Morgan fingerprint density at radius 2 is 1.88 bits per heavy atom. The fourth-order valence-corrected chi connectivity index (χ4v) is 3.42. The molecule has 2 aromatic heterocycles. The van der Waals surface area contributed by atoms with Gasteiger partial charge in [0.25, 0.3) is 0 Å². The Hall–Kier alpha value is -2.82. The molecular weight excluding hydrogens is 320 g/mol. The van der Waals surface area contributed by atoms with Crippen LogP contribution in [0.4, 0.5) is 0 Å². The Kier molecular flexibility index (Phi) is 3.53. The van der Waals surface area contributed by atoms with Crippen molar-refractivity contribution in [1.82, 2.24) is 0 Å². The third kappa shape index (κ3) is 2.38. The molecule has 1 aromatic carbocycles. The van der Waals surface area contributed by atoms with Crippen LogP contribution >= 0.6 is 0 Å². The van der Waals surface area contributed by atoms with Crippen LogP contribution in [-0.4, -0.2) is 6.10 Å². The van der Waals surface area contributed by atoms with E-state index in [1.807, 2.05) is 26.0 Å². The van der Waals surface area contributed by atoms with Gasteiger partial charge in [-0.3, -0.25) is 4.79 Å². The fourth-order valence-electron chi connectivity index (χ4n) is 3.42. The van der Waals surface area contributed by atoms with Gasteiger partial charge in [0.1, 0.15) is 23.0 Å². The minimum absolute atomic E-state index is 0.119. The van der Waals surface area contributed by atoms with Crippen molar-refractivity contribution in [3.05, 3.63) is 55.7 Å². The van der Waals surface area contributed by atoms with E-state index in [1.54, 1.807) is 6.92 Å². The number of hydrogen-bond acceptors (Lipinski definition) is 5. The van der Waals surface area contributed by atoms with Crippen LogP contribution in [0.25, 0.3) is 28.0 Å². The highest BCUT2D eigenvalue weighted by molar-refractivity contribution is 6.10. The van der Waals surface area contributed by atoms with E-state index in [9.17, 15) is 9.59 Å². The zero-order chi connectivity index (χ0) is 17.7. The monoisotopic (exact) mass is 338 g/mol. The summed E-state index contributed by atoms with van der Waals surface area (Å²) in [6.07, 6.45) is 5.26. The fraction of sp³-hybridized carbons (Fsp3) is 0.300. The first-order valence-electron chi connectivity index (χ1n) is 8.41. The normalized spacial score (nSPS) is 16.2. The van der Waals surface area contributed by atoms with Gasteiger partial charge in [-0.1, -0.05) is 13.3 Å². The molecule has 0 saturated carbocycles. The second-order valence-corrected chi connectivity index (χ2v) is 6.40. The maximum absolute atomic E-state index is 12.7. The molecule has 128 valence electrons. The van der Waals surface area contributed by atoms with Gasteiger partial charge < -0.3 is 13.6 Å². The lowest BCUT2D eigenvalue weighted by Gasteiger charge is -2.22. The van der Waals surface area contributed by atoms with E-state index in [1.165, 1.54) is 12.1 Å². The van der Waals surface area contributed by atoms with Crippen LogP contribution in [0, 0.1) is 6.92 Å². The predicted octanol–water partition coefficient (Wildman–Crippen LogP) is 3.95. The zero-order valence-corrected chi connectivity index (χ0v) is 14.3. The average molecular weight is 338 g/mol. The molecule has 0 aliphatic carbocycles. The molecule has 4 rings (SSSR count). The summed E-state index contributed by atoms with van der Waals surface area (Å²) in [4.78, 5) is 24.7. The quantitative estimate of drug-likeness (QED) is 0.522. The van der Waals surface area contributed by atoms with Crippen LogP contribution in [0.2, 0.25) is 0 Å². The molecule has 0 radical (unpaired) electrons. The van der Waals surface area contributed by atoms with Gasteiger partial charge in [0, 0.05) is 12.1 Å². The van der Waals surface area contributed by atoms with Gasteiger partial charge in [0.2, 0.25) is 0 Å². The van der Waals surface area contributed by atoms with Crippen molar-refractivity contribution in [2.75, 3.05) is 0 Å². The maximum atomic E-state index is 12.7. The molecule has 0 amide bonds. The average Bonchev–Trinajstić information content (AvgIpc) is 2.53. The van der Waals surface area contributed by atoms with Crippen molar-refractivity contribution in [3.8, 4) is 5.75 Å². The zero-order valence-electron chi connectivity index (χ0n) is 14.3. The standard InChI is InChI=1S/C20H18O5/c1-4-5-12-9-15(22)25-20-16(12)18-13(7-6-10(2)23-18)19-17(20)14(21)8-11(3)24-19/h6-10H,4-5H2,1-3H3. The van der Waals surface area contributed by atoms with Crippen LogP contribution < -0.4 is 15.8 Å². The van der Waals surface area contributed by atoms with Crippen molar-refractivity contribution in [2.24, 2.45) is 0 Å². The van der Waals surface area contributed by atoms with E-state index in [-0.39, 0.29) is 22.5 Å². The number of aryl methyl sites for hydroxylation is 2. The number of rotatable bonds is 2. The minimum Gasteiger partial charge on any atom is -0.485 e. The molecule has 0 bridgehead atoms. The summed E-state index contributed by atoms with van der Waals surface area (Å²) in [5, 5.41) is 0.980. The molecule has 0 spiro atoms. The highest BCUT2D eigenvalue weighted by Crippen LogP contribution is 2.41. The van der Waals surface area contributed by atoms with Crippen molar-refractivity contribution in [2.45, 2.75) is 39.7 Å². The van der Waals surface area contributed by atoms with E-state index in [0.29, 0.717) is 34.5 Å². The van der Waals surface area contributed by atoms with E-state index < -0.39 is 5.63 Å². The lowest BCUT2D eigenvalue weighted by molar-refractivity contribution is 0.269. The Morgan fingerprint density at radius 1 is 1.08 bits per heavy atom. The summed E-state index contributed by atoms with van der Waals surface area (Å²) in [6.45, 7) is 5.69. The summed E-state index contributed by atoms with van der Waals surface area (Å²) < 4.78 is 17.3. The highest BCUT2D eigenvalue weighted by Gasteiger charge is 2.25. The van der Waals surface area contributed by atoms with Gasteiger partial charge >= 0.3 is 5.63 Å². The molecule has 1 atom stereocenters. The van der Waals surface area contributed by atoms with E-state index >= 15 is 0 Å².